The highest BCUT2D eigenvalue weighted by Crippen LogP contribution is 2.16. The first-order valence-electron chi connectivity index (χ1n) is 9.10. The minimum atomic E-state index is -0.460. The summed E-state index contributed by atoms with van der Waals surface area (Å²) in [4.78, 5) is 39.0. The summed E-state index contributed by atoms with van der Waals surface area (Å²) in [7, 11) is 0. The zero-order chi connectivity index (χ0) is 19.6. The van der Waals surface area contributed by atoms with Crippen LogP contribution in [-0.2, 0) is 0 Å². The Morgan fingerprint density at radius 3 is 2.48 bits per heavy atom. The Bertz CT molecular complexity index is 927. The van der Waals surface area contributed by atoms with Gasteiger partial charge in [-0.15, -0.1) is 0 Å². The summed E-state index contributed by atoms with van der Waals surface area (Å²) in [5.74, 6) is -0.363. The van der Waals surface area contributed by atoms with Crippen LogP contribution in [0.25, 0.3) is 0 Å². The molecule has 7 heteroatoms. The van der Waals surface area contributed by atoms with E-state index in [0.717, 1.165) is 5.56 Å². The maximum atomic E-state index is 12.8. The van der Waals surface area contributed by atoms with Gasteiger partial charge in [-0.25, -0.2) is 5.10 Å². The van der Waals surface area contributed by atoms with E-state index in [1.807, 2.05) is 31.2 Å². The van der Waals surface area contributed by atoms with Gasteiger partial charge in [0, 0.05) is 24.7 Å². The second-order valence-electron chi connectivity index (χ2n) is 6.99. The summed E-state index contributed by atoms with van der Waals surface area (Å²) in [6, 6.07) is 7.48. The van der Waals surface area contributed by atoms with Gasteiger partial charge in [0.05, 0.1) is 5.69 Å². The molecule has 0 spiro atoms. The summed E-state index contributed by atoms with van der Waals surface area (Å²) in [6.45, 7) is 6.40. The molecule has 1 aromatic carbocycles. The molecule has 1 saturated heterocycles. The van der Waals surface area contributed by atoms with Crippen molar-refractivity contribution in [3.8, 4) is 0 Å². The highest BCUT2D eigenvalue weighted by molar-refractivity contribution is 5.96. The Kier molecular flexibility index (Phi) is 5.39. The fourth-order valence-corrected chi connectivity index (χ4v) is 3.36. The molecule has 2 heterocycles. The number of aromatic amines is 1. The number of aromatic nitrogens is 2. The van der Waals surface area contributed by atoms with Crippen LogP contribution in [0.2, 0.25) is 0 Å². The molecule has 1 fully saturated rings. The van der Waals surface area contributed by atoms with Crippen molar-refractivity contribution in [2.75, 3.05) is 13.1 Å². The number of benzene rings is 1. The molecule has 2 aromatic rings. The van der Waals surface area contributed by atoms with Gasteiger partial charge in [0.1, 0.15) is 5.56 Å². The number of nitrogens with one attached hydrogen (secondary N) is 2. The van der Waals surface area contributed by atoms with Crippen molar-refractivity contribution in [3.63, 3.8) is 0 Å². The molecule has 27 heavy (non-hydrogen) atoms. The largest absolute Gasteiger partial charge is 0.349 e. The standard InChI is InChI=1S/C20H24N4O3/c1-12-6-4-5-7-16(12)18(25)21-15-8-10-24(11-9-15)20(27)17-13(2)14(3)22-23-19(17)26/h4-7,15H,8-11H2,1-3H3,(H,21,25)(H,23,26). The van der Waals surface area contributed by atoms with E-state index in [-0.39, 0.29) is 23.4 Å². The van der Waals surface area contributed by atoms with Gasteiger partial charge in [-0.05, 0) is 50.8 Å². The quantitative estimate of drug-likeness (QED) is 0.862. The summed E-state index contributed by atoms with van der Waals surface area (Å²) in [5.41, 5.74) is 2.55. The van der Waals surface area contributed by atoms with Crippen LogP contribution < -0.4 is 10.9 Å². The molecule has 1 aliphatic heterocycles. The number of carbonyl (C=O) groups is 2. The molecule has 0 atom stereocenters. The first kappa shape index (κ1) is 18.8. The van der Waals surface area contributed by atoms with Crippen molar-refractivity contribution in [1.82, 2.24) is 20.4 Å². The Labute approximate surface area is 157 Å². The number of likely N-dealkylation sites (tertiary alicyclic amines) is 1. The maximum absolute atomic E-state index is 12.8. The molecule has 0 aliphatic carbocycles. The molecule has 142 valence electrons. The van der Waals surface area contributed by atoms with Crippen molar-refractivity contribution in [2.24, 2.45) is 0 Å². The number of aryl methyl sites for hydroxylation is 2. The number of carbonyl (C=O) groups excluding carboxylic acids is 2. The molecule has 3 rings (SSSR count). The van der Waals surface area contributed by atoms with Crippen LogP contribution in [-0.4, -0.2) is 46.0 Å². The SMILES string of the molecule is Cc1ccccc1C(=O)NC1CCN(C(=O)c2c(C)c(C)n[nH]c2=O)CC1. The Balaban J connectivity index is 1.63. The predicted octanol–water partition coefficient (Wildman–Crippen LogP) is 1.73. The second kappa shape index (κ2) is 7.73. The summed E-state index contributed by atoms with van der Waals surface area (Å²) in [6.07, 6.45) is 1.31. The molecule has 2 amide bonds. The highest BCUT2D eigenvalue weighted by Gasteiger charge is 2.27. The fourth-order valence-electron chi connectivity index (χ4n) is 3.36. The van der Waals surface area contributed by atoms with E-state index in [2.05, 4.69) is 15.5 Å². The van der Waals surface area contributed by atoms with Gasteiger partial charge in [0.2, 0.25) is 0 Å². The van der Waals surface area contributed by atoms with Crippen molar-refractivity contribution in [1.29, 1.82) is 0 Å². The summed E-state index contributed by atoms with van der Waals surface area (Å²) in [5, 5.41) is 9.32. The summed E-state index contributed by atoms with van der Waals surface area (Å²) < 4.78 is 0. The Morgan fingerprint density at radius 1 is 1.15 bits per heavy atom. The molecule has 0 unspecified atom stereocenters. The molecular formula is C20H24N4O3. The normalized spacial score (nSPS) is 14.9. The molecule has 0 saturated carbocycles. The first-order chi connectivity index (χ1) is 12.9. The third-order valence-electron chi connectivity index (χ3n) is 5.19. The minimum absolute atomic E-state index is 0.0136. The van der Waals surface area contributed by atoms with E-state index >= 15 is 0 Å². The van der Waals surface area contributed by atoms with Crippen LogP contribution in [0.4, 0.5) is 0 Å². The lowest BCUT2D eigenvalue weighted by atomic mass is 10.0. The van der Waals surface area contributed by atoms with Gasteiger partial charge in [0.15, 0.2) is 0 Å². The lowest BCUT2D eigenvalue weighted by molar-refractivity contribution is 0.0695. The van der Waals surface area contributed by atoms with Crippen molar-refractivity contribution in [2.45, 2.75) is 39.7 Å². The van der Waals surface area contributed by atoms with Gasteiger partial charge in [-0.3, -0.25) is 14.4 Å². The lowest BCUT2D eigenvalue weighted by Crippen LogP contribution is -2.47. The van der Waals surface area contributed by atoms with Crippen molar-refractivity contribution in [3.05, 3.63) is 62.6 Å². The topological polar surface area (TPSA) is 95.2 Å². The van der Waals surface area contributed by atoms with E-state index < -0.39 is 5.56 Å². The number of H-pyrrole nitrogens is 1. The summed E-state index contributed by atoms with van der Waals surface area (Å²) >= 11 is 0. The third kappa shape index (κ3) is 3.92. The average molecular weight is 368 g/mol. The molecule has 2 N–H and O–H groups in total. The molecule has 1 aliphatic rings. The van der Waals surface area contributed by atoms with E-state index in [0.29, 0.717) is 42.8 Å². The average Bonchev–Trinajstić information content (AvgIpc) is 2.66. The zero-order valence-electron chi connectivity index (χ0n) is 15.8. The number of amides is 2. The number of piperidine rings is 1. The molecule has 0 radical (unpaired) electrons. The third-order valence-corrected chi connectivity index (χ3v) is 5.19. The molecule has 0 bridgehead atoms. The molecule has 1 aromatic heterocycles. The smallest absolute Gasteiger partial charge is 0.277 e. The molecule has 7 nitrogen and oxygen atoms in total. The number of nitrogens with zero attached hydrogens (tertiary/aromatic N) is 2. The fraction of sp³-hybridized carbons (Fsp3) is 0.400. The Hall–Kier alpha value is -2.96. The van der Waals surface area contributed by atoms with E-state index in [4.69, 9.17) is 0 Å². The minimum Gasteiger partial charge on any atom is -0.349 e. The van der Waals surface area contributed by atoms with Crippen molar-refractivity contribution >= 4 is 11.8 Å². The van der Waals surface area contributed by atoms with E-state index in [1.165, 1.54) is 0 Å². The van der Waals surface area contributed by atoms with Gasteiger partial charge in [-0.1, -0.05) is 18.2 Å². The van der Waals surface area contributed by atoms with E-state index in [1.54, 1.807) is 18.7 Å². The van der Waals surface area contributed by atoms with Crippen molar-refractivity contribution < 1.29 is 9.59 Å². The van der Waals surface area contributed by atoms with Gasteiger partial charge < -0.3 is 10.2 Å². The lowest BCUT2D eigenvalue weighted by Gasteiger charge is -2.32. The van der Waals surface area contributed by atoms with Crippen LogP contribution in [0, 0.1) is 20.8 Å². The zero-order valence-corrected chi connectivity index (χ0v) is 15.8. The van der Waals surface area contributed by atoms with Crippen LogP contribution >= 0.6 is 0 Å². The van der Waals surface area contributed by atoms with Gasteiger partial charge in [-0.2, -0.15) is 5.10 Å². The number of rotatable bonds is 3. The van der Waals surface area contributed by atoms with E-state index in [9.17, 15) is 14.4 Å². The second-order valence-corrected chi connectivity index (χ2v) is 6.99. The van der Waals surface area contributed by atoms with Crippen LogP contribution in [0.15, 0.2) is 29.1 Å². The number of hydrogen-bond donors (Lipinski definition) is 2. The predicted molar refractivity (Wildman–Crippen MR) is 102 cm³/mol. The van der Waals surface area contributed by atoms with Gasteiger partial charge in [0.25, 0.3) is 17.4 Å². The first-order valence-corrected chi connectivity index (χ1v) is 9.10. The monoisotopic (exact) mass is 368 g/mol. The van der Waals surface area contributed by atoms with Crippen LogP contribution in [0.5, 0.6) is 0 Å². The highest BCUT2D eigenvalue weighted by atomic mass is 16.2. The number of hydrogen-bond acceptors (Lipinski definition) is 4. The van der Waals surface area contributed by atoms with Gasteiger partial charge >= 0.3 is 0 Å². The Morgan fingerprint density at radius 2 is 1.81 bits per heavy atom. The maximum Gasteiger partial charge on any atom is 0.277 e. The molecular weight excluding hydrogens is 344 g/mol. The van der Waals surface area contributed by atoms with Crippen LogP contribution in [0.3, 0.4) is 0 Å². The van der Waals surface area contributed by atoms with Crippen LogP contribution in [0.1, 0.15) is 50.4 Å².